The Morgan fingerprint density at radius 2 is 1.43 bits per heavy atom. The van der Waals surface area contributed by atoms with Crippen molar-refractivity contribution in [3.63, 3.8) is 0 Å². The molecule has 14 heavy (non-hydrogen) atoms. The van der Waals surface area contributed by atoms with Crippen LogP contribution in [-0.2, 0) is 0 Å². The maximum absolute atomic E-state index is 9.21. The van der Waals surface area contributed by atoms with Crippen molar-refractivity contribution in [2.75, 3.05) is 6.61 Å². The molecule has 0 aliphatic heterocycles. The second-order valence-corrected chi connectivity index (χ2v) is 2.95. The van der Waals surface area contributed by atoms with Crippen LogP contribution in [0.5, 0.6) is 0 Å². The molecule has 0 saturated carbocycles. The van der Waals surface area contributed by atoms with Gasteiger partial charge in [0.2, 0.25) is 0 Å². The van der Waals surface area contributed by atoms with Gasteiger partial charge in [0.05, 0.1) is 6.61 Å². The molecule has 0 aliphatic rings. The van der Waals surface area contributed by atoms with Gasteiger partial charge >= 0.3 is 0 Å². The van der Waals surface area contributed by atoms with Crippen LogP contribution >= 0.6 is 0 Å². The molecule has 84 valence electrons. The molecule has 1 unspecified atom stereocenters. The minimum Gasteiger partial charge on any atom is -0.394 e. The van der Waals surface area contributed by atoms with E-state index in [1.807, 2.05) is 0 Å². The normalized spacial score (nSPS) is 22.1. The first-order valence-corrected chi connectivity index (χ1v) is 4.09. The molecule has 0 bridgehead atoms. The van der Waals surface area contributed by atoms with Gasteiger partial charge in [-0.15, -0.1) is 6.58 Å². The summed E-state index contributed by atoms with van der Waals surface area (Å²) in [5, 5.41) is 53.9. The van der Waals surface area contributed by atoms with Crippen molar-refractivity contribution in [3.8, 4) is 0 Å². The highest BCUT2D eigenvalue weighted by Gasteiger charge is 2.32. The Hall–Kier alpha value is -0.500. The SMILES string of the molecule is C=CC(O)[C@@H](O)[C@@H](O)[C@H](O)[C@H](O)CO. The first-order chi connectivity index (χ1) is 6.45. The molecular weight excluding hydrogens is 192 g/mol. The van der Waals surface area contributed by atoms with Crippen LogP contribution < -0.4 is 0 Å². The zero-order chi connectivity index (χ0) is 11.3. The maximum Gasteiger partial charge on any atom is 0.112 e. The van der Waals surface area contributed by atoms with Crippen molar-refractivity contribution in [2.24, 2.45) is 0 Å². The van der Waals surface area contributed by atoms with E-state index in [0.29, 0.717) is 0 Å². The van der Waals surface area contributed by atoms with Gasteiger partial charge in [-0.2, -0.15) is 0 Å². The first kappa shape index (κ1) is 13.5. The van der Waals surface area contributed by atoms with E-state index in [4.69, 9.17) is 20.4 Å². The molecule has 0 aromatic heterocycles. The molecule has 0 aliphatic carbocycles. The molecule has 5 atom stereocenters. The topological polar surface area (TPSA) is 121 Å². The lowest BCUT2D eigenvalue weighted by molar-refractivity contribution is -0.133. The Morgan fingerprint density at radius 3 is 1.79 bits per heavy atom. The molecule has 0 radical (unpaired) electrons. The Bertz CT molecular complexity index is 173. The minimum absolute atomic E-state index is 0.755. The molecule has 0 heterocycles. The van der Waals surface area contributed by atoms with Crippen molar-refractivity contribution >= 4 is 0 Å². The second kappa shape index (κ2) is 6.07. The van der Waals surface area contributed by atoms with Crippen LogP contribution in [-0.4, -0.2) is 67.8 Å². The molecule has 0 fully saturated rings. The Balaban J connectivity index is 4.29. The van der Waals surface area contributed by atoms with E-state index in [9.17, 15) is 10.2 Å². The van der Waals surface area contributed by atoms with Crippen LogP contribution in [0.25, 0.3) is 0 Å². The lowest BCUT2D eigenvalue weighted by Gasteiger charge is -2.27. The largest absolute Gasteiger partial charge is 0.394 e. The molecule has 6 heteroatoms. The summed E-state index contributed by atoms with van der Waals surface area (Å²) in [6.45, 7) is 2.42. The average Bonchev–Trinajstić information content (AvgIpc) is 2.23. The Labute approximate surface area is 81.4 Å². The molecule has 0 spiro atoms. The average molecular weight is 208 g/mol. The van der Waals surface area contributed by atoms with Gasteiger partial charge in [-0.3, -0.25) is 0 Å². The number of aliphatic hydroxyl groups excluding tert-OH is 6. The summed E-state index contributed by atoms with van der Waals surface area (Å²) in [5.41, 5.74) is 0. The van der Waals surface area contributed by atoms with E-state index in [2.05, 4.69) is 6.58 Å². The van der Waals surface area contributed by atoms with Gasteiger partial charge in [0, 0.05) is 0 Å². The quantitative estimate of drug-likeness (QED) is 0.258. The predicted octanol–water partition coefficient (Wildman–Crippen LogP) is -3.03. The lowest BCUT2D eigenvalue weighted by Crippen LogP contribution is -2.49. The fourth-order valence-corrected chi connectivity index (χ4v) is 0.879. The minimum atomic E-state index is -1.76. The van der Waals surface area contributed by atoms with Gasteiger partial charge < -0.3 is 30.6 Å². The summed E-state index contributed by atoms with van der Waals surface area (Å²) in [6.07, 6.45) is -7.16. The van der Waals surface area contributed by atoms with Gasteiger partial charge in [0.1, 0.15) is 30.5 Å². The summed E-state index contributed by atoms with van der Waals surface area (Å²) in [4.78, 5) is 0. The van der Waals surface area contributed by atoms with Crippen molar-refractivity contribution in [1.82, 2.24) is 0 Å². The van der Waals surface area contributed by atoms with Gasteiger partial charge in [-0.05, 0) is 0 Å². The molecule has 0 aromatic rings. The third-order valence-electron chi connectivity index (χ3n) is 1.87. The zero-order valence-electron chi connectivity index (χ0n) is 7.56. The van der Waals surface area contributed by atoms with Gasteiger partial charge in [-0.1, -0.05) is 6.08 Å². The fourth-order valence-electron chi connectivity index (χ4n) is 0.879. The van der Waals surface area contributed by atoms with E-state index >= 15 is 0 Å². The highest BCUT2D eigenvalue weighted by molar-refractivity contribution is 4.91. The highest BCUT2D eigenvalue weighted by Crippen LogP contribution is 2.08. The summed E-state index contributed by atoms with van der Waals surface area (Å²) < 4.78 is 0. The summed E-state index contributed by atoms with van der Waals surface area (Å²) >= 11 is 0. The van der Waals surface area contributed by atoms with Crippen LogP contribution in [0.3, 0.4) is 0 Å². The van der Waals surface area contributed by atoms with Crippen molar-refractivity contribution in [2.45, 2.75) is 30.5 Å². The van der Waals surface area contributed by atoms with Crippen molar-refractivity contribution in [1.29, 1.82) is 0 Å². The molecule has 6 N–H and O–H groups in total. The van der Waals surface area contributed by atoms with E-state index in [1.54, 1.807) is 0 Å². The van der Waals surface area contributed by atoms with Crippen LogP contribution in [0.15, 0.2) is 12.7 Å². The smallest absolute Gasteiger partial charge is 0.112 e. The molecule has 0 aromatic carbocycles. The van der Waals surface area contributed by atoms with Crippen LogP contribution in [0.1, 0.15) is 0 Å². The summed E-state index contributed by atoms with van der Waals surface area (Å²) in [6, 6.07) is 0. The van der Waals surface area contributed by atoms with Gasteiger partial charge in [0.25, 0.3) is 0 Å². The fraction of sp³-hybridized carbons (Fsp3) is 0.750. The van der Waals surface area contributed by atoms with E-state index in [0.717, 1.165) is 6.08 Å². The lowest BCUT2D eigenvalue weighted by atomic mass is 9.99. The van der Waals surface area contributed by atoms with E-state index in [1.165, 1.54) is 0 Å². The summed E-state index contributed by atoms with van der Waals surface area (Å²) in [5.74, 6) is 0. The van der Waals surface area contributed by atoms with Gasteiger partial charge in [-0.25, -0.2) is 0 Å². The molecular formula is C8H16O6. The number of aliphatic hydroxyl groups is 6. The molecule has 6 nitrogen and oxygen atoms in total. The number of rotatable bonds is 6. The van der Waals surface area contributed by atoms with Gasteiger partial charge in [0.15, 0.2) is 0 Å². The molecule has 0 saturated heterocycles. The Kier molecular flexibility index (Phi) is 5.86. The van der Waals surface area contributed by atoms with E-state index in [-0.39, 0.29) is 0 Å². The third-order valence-corrected chi connectivity index (χ3v) is 1.87. The second-order valence-electron chi connectivity index (χ2n) is 2.95. The Morgan fingerprint density at radius 1 is 0.929 bits per heavy atom. The van der Waals surface area contributed by atoms with Crippen LogP contribution in [0.2, 0.25) is 0 Å². The van der Waals surface area contributed by atoms with Crippen molar-refractivity contribution in [3.05, 3.63) is 12.7 Å². The maximum atomic E-state index is 9.21. The van der Waals surface area contributed by atoms with Crippen molar-refractivity contribution < 1.29 is 30.6 Å². The predicted molar refractivity (Wildman–Crippen MR) is 47.3 cm³/mol. The number of hydrogen-bond acceptors (Lipinski definition) is 6. The molecule has 0 rings (SSSR count). The monoisotopic (exact) mass is 208 g/mol. The molecule has 0 amide bonds. The first-order valence-electron chi connectivity index (χ1n) is 4.09. The van der Waals surface area contributed by atoms with Crippen LogP contribution in [0.4, 0.5) is 0 Å². The standard InChI is InChI=1S/C8H16O6/c1-2-4(10)6(12)8(14)7(13)5(11)3-9/h2,4-14H,1,3H2/t4?,5-,6-,7-,8-/m1/s1. The van der Waals surface area contributed by atoms with Crippen LogP contribution in [0, 0.1) is 0 Å². The third kappa shape index (κ3) is 3.33. The van der Waals surface area contributed by atoms with E-state index < -0.39 is 37.1 Å². The summed E-state index contributed by atoms with van der Waals surface area (Å²) in [7, 11) is 0. The zero-order valence-corrected chi connectivity index (χ0v) is 7.56. The number of hydrogen-bond donors (Lipinski definition) is 6. The highest BCUT2D eigenvalue weighted by atomic mass is 16.4.